The average molecular weight is 590 g/mol. The maximum absolute atomic E-state index is 12.4. The Balaban J connectivity index is 4.49. The van der Waals surface area contributed by atoms with E-state index in [1.807, 2.05) is 27.2 Å². The van der Waals surface area contributed by atoms with Gasteiger partial charge in [-0.3, -0.25) is 13.8 Å². The van der Waals surface area contributed by atoms with Crippen molar-refractivity contribution in [3.63, 3.8) is 0 Å². The molecule has 40 heavy (non-hydrogen) atoms. The number of nitrogens with one attached hydrogen (secondary N) is 1. The lowest BCUT2D eigenvalue weighted by Gasteiger charge is -2.25. The van der Waals surface area contributed by atoms with Crippen LogP contribution < -0.4 is 5.32 Å². The molecule has 3 unspecified atom stereocenters. The summed E-state index contributed by atoms with van der Waals surface area (Å²) in [5.41, 5.74) is 0. The minimum absolute atomic E-state index is 0.0560. The summed E-state index contributed by atoms with van der Waals surface area (Å²) < 4.78 is 23.1. The molecule has 0 saturated heterocycles. The van der Waals surface area contributed by atoms with E-state index >= 15 is 0 Å². The highest BCUT2D eigenvalue weighted by Gasteiger charge is 2.27. The predicted octanol–water partition coefficient (Wildman–Crippen LogP) is 7.07. The van der Waals surface area contributed by atoms with E-state index in [0.717, 1.165) is 38.5 Å². The lowest BCUT2D eigenvalue weighted by Crippen LogP contribution is -2.45. The lowest BCUT2D eigenvalue weighted by atomic mass is 10.1. The number of rotatable bonds is 27. The minimum Gasteiger partial charge on any atom is -0.387 e. The summed E-state index contributed by atoms with van der Waals surface area (Å²) in [6, 6.07) is -0.852. The highest BCUT2D eigenvalue weighted by atomic mass is 31.2. The summed E-state index contributed by atoms with van der Waals surface area (Å²) in [6.45, 7) is 4.57. The van der Waals surface area contributed by atoms with Crippen molar-refractivity contribution in [2.75, 3.05) is 40.9 Å². The van der Waals surface area contributed by atoms with E-state index in [1.54, 1.807) is 6.08 Å². The number of amides is 1. The number of aliphatic hydroxyl groups excluding tert-OH is 1. The highest BCUT2D eigenvalue weighted by Crippen LogP contribution is 2.43. The summed E-state index contributed by atoms with van der Waals surface area (Å²) >= 11 is 0. The van der Waals surface area contributed by atoms with Gasteiger partial charge in [0.2, 0.25) is 5.91 Å². The van der Waals surface area contributed by atoms with Gasteiger partial charge < -0.3 is 19.8 Å². The second-order valence-corrected chi connectivity index (χ2v) is 13.3. The summed E-state index contributed by atoms with van der Waals surface area (Å²) in [5.74, 6) is -0.215. The molecule has 1 amide bonds. The van der Waals surface area contributed by atoms with Gasteiger partial charge in [0, 0.05) is 6.42 Å². The fourth-order valence-corrected chi connectivity index (χ4v) is 4.79. The molecule has 0 aromatic heterocycles. The second kappa shape index (κ2) is 24.6. The molecule has 0 fully saturated rings. The normalized spacial score (nSPS) is 15.5. The third kappa shape index (κ3) is 25.9. The van der Waals surface area contributed by atoms with Crippen LogP contribution in [0.2, 0.25) is 0 Å². The fraction of sp³-hybridized carbons (Fsp3) is 0.839. The van der Waals surface area contributed by atoms with Gasteiger partial charge in [-0.2, -0.15) is 0 Å². The molecule has 8 nitrogen and oxygen atoms in total. The zero-order valence-electron chi connectivity index (χ0n) is 26.3. The Morgan fingerprint density at radius 3 is 2.00 bits per heavy atom. The predicted molar refractivity (Wildman–Crippen MR) is 166 cm³/mol. The molecule has 0 aliphatic rings. The molecule has 0 rings (SSSR count). The number of carbonyl (C=O) groups is 1. The minimum atomic E-state index is -4.31. The number of quaternary nitrogens is 1. The summed E-state index contributed by atoms with van der Waals surface area (Å²) in [5, 5.41) is 13.5. The van der Waals surface area contributed by atoms with Crippen LogP contribution in [-0.4, -0.2) is 73.4 Å². The van der Waals surface area contributed by atoms with Gasteiger partial charge in [-0.25, -0.2) is 4.57 Å². The van der Waals surface area contributed by atoms with Crippen molar-refractivity contribution in [2.24, 2.45) is 0 Å². The molecule has 0 aliphatic carbocycles. The van der Waals surface area contributed by atoms with Crippen molar-refractivity contribution < 1.29 is 32.9 Å². The average Bonchev–Trinajstić information content (AvgIpc) is 2.88. The van der Waals surface area contributed by atoms with E-state index in [0.29, 0.717) is 17.4 Å². The Morgan fingerprint density at radius 2 is 1.38 bits per heavy atom. The number of phosphoric ester groups is 1. The molecule has 0 radical (unpaired) electrons. The first-order chi connectivity index (χ1) is 19.0. The first-order valence-electron chi connectivity index (χ1n) is 15.7. The van der Waals surface area contributed by atoms with E-state index in [4.69, 9.17) is 9.05 Å². The third-order valence-corrected chi connectivity index (χ3v) is 7.66. The second-order valence-electron chi connectivity index (χ2n) is 11.8. The van der Waals surface area contributed by atoms with Crippen molar-refractivity contribution in [2.45, 2.75) is 129 Å². The highest BCUT2D eigenvalue weighted by molar-refractivity contribution is 7.47. The van der Waals surface area contributed by atoms with Crippen LogP contribution in [0.5, 0.6) is 0 Å². The summed E-state index contributed by atoms with van der Waals surface area (Å²) in [6.07, 6.45) is 24.6. The molecule has 0 spiro atoms. The van der Waals surface area contributed by atoms with Crippen LogP contribution in [0.15, 0.2) is 24.3 Å². The number of hydrogen-bond acceptors (Lipinski definition) is 5. The van der Waals surface area contributed by atoms with Crippen LogP contribution in [-0.2, 0) is 18.4 Å². The van der Waals surface area contributed by atoms with E-state index in [2.05, 4.69) is 31.3 Å². The number of carbonyl (C=O) groups excluding carboxylic acids is 1. The molecule has 0 bridgehead atoms. The van der Waals surface area contributed by atoms with Crippen molar-refractivity contribution in [1.82, 2.24) is 5.32 Å². The van der Waals surface area contributed by atoms with E-state index in [1.165, 1.54) is 57.8 Å². The van der Waals surface area contributed by atoms with E-state index < -0.39 is 20.0 Å². The molecular weight excluding hydrogens is 527 g/mol. The van der Waals surface area contributed by atoms with Gasteiger partial charge in [0.15, 0.2) is 0 Å². The largest absolute Gasteiger partial charge is 0.472 e. The number of unbranched alkanes of at least 4 members (excludes halogenated alkanes) is 12. The Bertz CT molecular complexity index is 723. The van der Waals surface area contributed by atoms with Crippen LogP contribution in [0.4, 0.5) is 0 Å². The van der Waals surface area contributed by atoms with Gasteiger partial charge in [-0.05, 0) is 32.1 Å². The zero-order chi connectivity index (χ0) is 30.1. The van der Waals surface area contributed by atoms with Crippen molar-refractivity contribution in [3.8, 4) is 0 Å². The first kappa shape index (κ1) is 39.0. The van der Waals surface area contributed by atoms with E-state index in [9.17, 15) is 19.4 Å². The Morgan fingerprint density at radius 1 is 0.825 bits per heavy atom. The molecule has 0 heterocycles. The van der Waals surface area contributed by atoms with Gasteiger partial charge in [0.25, 0.3) is 0 Å². The molecular formula is C31H62N2O6P+. The van der Waals surface area contributed by atoms with Gasteiger partial charge in [0.1, 0.15) is 13.2 Å². The van der Waals surface area contributed by atoms with Crippen LogP contribution in [0.1, 0.15) is 117 Å². The standard InChI is InChI=1S/C31H61N2O6P/c1-6-8-10-11-12-13-14-15-16-17-18-19-20-21-23-24-30(34)29(32-31(35)25-22-9-7-2)28-39-40(36,37)38-27-26-33(3,4)5/h18-19,23-24,29-30,34H,6-17,20-22,25-28H2,1-5H3,(H-,32,35,36,37)/p+1/b19-18+,24-23+. The number of allylic oxidation sites excluding steroid dienone is 3. The molecule has 3 N–H and O–H groups in total. The number of aliphatic hydroxyl groups is 1. The lowest BCUT2D eigenvalue weighted by molar-refractivity contribution is -0.870. The Labute approximate surface area is 245 Å². The molecule has 236 valence electrons. The maximum atomic E-state index is 12.4. The SMILES string of the molecule is CCCCCCCCCCC/C=C/CC/C=C/C(O)C(COP(=O)(O)OCC[N+](C)(C)C)NC(=O)CCCCC. The monoisotopic (exact) mass is 589 g/mol. The van der Waals surface area contributed by atoms with Crippen molar-refractivity contribution in [1.29, 1.82) is 0 Å². The third-order valence-electron chi connectivity index (χ3n) is 6.67. The van der Waals surface area contributed by atoms with Gasteiger partial charge in [-0.15, -0.1) is 0 Å². The van der Waals surface area contributed by atoms with Crippen molar-refractivity contribution in [3.05, 3.63) is 24.3 Å². The van der Waals surface area contributed by atoms with Gasteiger partial charge >= 0.3 is 7.82 Å². The summed E-state index contributed by atoms with van der Waals surface area (Å²) in [4.78, 5) is 22.4. The molecule has 0 saturated carbocycles. The molecule has 0 aliphatic heterocycles. The Kier molecular flexibility index (Phi) is 23.9. The zero-order valence-corrected chi connectivity index (χ0v) is 27.2. The number of hydrogen-bond donors (Lipinski definition) is 3. The molecule has 0 aromatic carbocycles. The van der Waals surface area contributed by atoms with Crippen molar-refractivity contribution >= 4 is 13.7 Å². The molecule has 0 aromatic rings. The fourth-order valence-electron chi connectivity index (χ4n) is 4.05. The van der Waals surface area contributed by atoms with Crippen LogP contribution in [0.25, 0.3) is 0 Å². The maximum Gasteiger partial charge on any atom is 0.472 e. The van der Waals surface area contributed by atoms with E-state index in [-0.39, 0.29) is 19.1 Å². The number of phosphoric acid groups is 1. The summed E-state index contributed by atoms with van der Waals surface area (Å²) in [7, 11) is 1.54. The quantitative estimate of drug-likeness (QED) is 0.0410. The number of likely N-dealkylation sites (N-methyl/N-ethyl adjacent to an activating group) is 1. The van der Waals surface area contributed by atoms with Gasteiger partial charge in [0.05, 0.1) is 39.9 Å². The first-order valence-corrected chi connectivity index (χ1v) is 17.2. The van der Waals surface area contributed by atoms with Crippen LogP contribution in [0.3, 0.4) is 0 Å². The topological polar surface area (TPSA) is 105 Å². The Hall–Kier alpha value is -1.02. The smallest absolute Gasteiger partial charge is 0.387 e. The molecule has 9 heteroatoms. The molecule has 3 atom stereocenters. The van der Waals surface area contributed by atoms with Crippen LogP contribution in [0, 0.1) is 0 Å². The van der Waals surface area contributed by atoms with Gasteiger partial charge in [-0.1, -0.05) is 102 Å². The number of nitrogens with zero attached hydrogens (tertiary/aromatic N) is 1. The van der Waals surface area contributed by atoms with Crippen LogP contribution >= 0.6 is 7.82 Å².